The second-order valence-electron chi connectivity index (χ2n) is 3.26. The molecule has 0 atom stereocenters. The Kier molecular flexibility index (Phi) is 2.38. The molecule has 0 spiro atoms. The summed E-state index contributed by atoms with van der Waals surface area (Å²) in [5, 5.41) is 18.7. The van der Waals surface area contributed by atoms with Crippen LogP contribution in [0.3, 0.4) is 0 Å². The summed E-state index contributed by atoms with van der Waals surface area (Å²) in [7, 11) is 5.71. The van der Waals surface area contributed by atoms with Gasteiger partial charge in [0.05, 0.1) is 0 Å². The quantitative estimate of drug-likeness (QED) is 0.536. The largest absolute Gasteiger partial charge is 0.505 e. The van der Waals surface area contributed by atoms with Crippen molar-refractivity contribution in [1.29, 1.82) is 0 Å². The van der Waals surface area contributed by atoms with Gasteiger partial charge >= 0.3 is 0 Å². The molecular weight excluding hydrogens is 187 g/mol. The fraction of sp³-hybridized carbons (Fsp3) is 0. The van der Waals surface area contributed by atoms with E-state index in [2.05, 4.69) is 0 Å². The minimum Gasteiger partial charge on any atom is -0.505 e. The van der Waals surface area contributed by atoms with Crippen LogP contribution in [0.4, 0.5) is 0 Å². The first-order valence-corrected chi connectivity index (χ1v) is 4.56. The van der Waals surface area contributed by atoms with Crippen molar-refractivity contribution in [3.8, 4) is 22.6 Å². The number of benzene rings is 2. The highest BCUT2D eigenvalue weighted by molar-refractivity contribution is 6.38. The maximum absolute atomic E-state index is 9.47. The number of rotatable bonds is 1. The zero-order valence-corrected chi connectivity index (χ0v) is 8.01. The summed E-state index contributed by atoms with van der Waals surface area (Å²) in [6.07, 6.45) is 0. The van der Waals surface area contributed by atoms with Crippen molar-refractivity contribution < 1.29 is 10.2 Å². The molecule has 3 heteroatoms. The van der Waals surface area contributed by atoms with Crippen LogP contribution >= 0.6 is 0 Å². The monoisotopic (exact) mass is 196 g/mol. The lowest BCUT2D eigenvalue weighted by molar-refractivity contribution is 0.407. The van der Waals surface area contributed by atoms with E-state index < -0.39 is 0 Å². The molecule has 15 heavy (non-hydrogen) atoms. The lowest BCUT2D eigenvalue weighted by Crippen LogP contribution is -2.07. The van der Waals surface area contributed by atoms with Crippen molar-refractivity contribution in [2.45, 2.75) is 0 Å². The average Bonchev–Trinajstić information content (AvgIpc) is 2.27. The van der Waals surface area contributed by atoms with Gasteiger partial charge in [-0.1, -0.05) is 36.4 Å². The van der Waals surface area contributed by atoms with Crippen LogP contribution in [0.2, 0.25) is 0 Å². The molecule has 0 unspecified atom stereocenters. The molecule has 0 bridgehead atoms. The molecule has 72 valence electrons. The zero-order valence-electron chi connectivity index (χ0n) is 8.01. The molecule has 0 fully saturated rings. The smallest absolute Gasteiger partial charge is 0.156 e. The van der Waals surface area contributed by atoms with Gasteiger partial charge in [-0.3, -0.25) is 0 Å². The molecule has 2 N–H and O–H groups in total. The zero-order chi connectivity index (χ0) is 10.8. The highest BCUT2D eigenvalue weighted by Gasteiger charge is 2.08. The fourth-order valence-electron chi connectivity index (χ4n) is 1.47. The van der Waals surface area contributed by atoms with Crippen LogP contribution in [0.1, 0.15) is 0 Å². The lowest BCUT2D eigenvalue weighted by Gasteiger charge is -2.09. The molecule has 2 aromatic rings. The van der Waals surface area contributed by atoms with E-state index >= 15 is 0 Å². The minimum absolute atomic E-state index is 0.196. The first-order chi connectivity index (χ1) is 7.20. The van der Waals surface area contributed by atoms with Crippen molar-refractivity contribution >= 4 is 13.3 Å². The highest BCUT2D eigenvalue weighted by atomic mass is 16.3. The SMILES string of the molecule is [B]c1c(-c2ccccc2)ccc(O)c1O. The van der Waals surface area contributed by atoms with E-state index in [0.29, 0.717) is 5.56 Å². The maximum Gasteiger partial charge on any atom is 0.156 e. The van der Waals surface area contributed by atoms with Gasteiger partial charge in [-0.2, -0.15) is 0 Å². The maximum atomic E-state index is 9.47. The molecule has 0 amide bonds. The van der Waals surface area contributed by atoms with Crippen LogP contribution in [0.15, 0.2) is 42.5 Å². The molecule has 0 aliphatic heterocycles. The summed E-state index contributed by atoms with van der Waals surface area (Å²) in [6.45, 7) is 0. The van der Waals surface area contributed by atoms with Gasteiger partial charge in [0.2, 0.25) is 0 Å². The summed E-state index contributed by atoms with van der Waals surface area (Å²) in [5.74, 6) is -0.469. The van der Waals surface area contributed by atoms with Crippen LogP contribution in [-0.2, 0) is 0 Å². The van der Waals surface area contributed by atoms with Gasteiger partial charge in [-0.05, 0) is 22.7 Å². The Balaban J connectivity index is 2.60. The van der Waals surface area contributed by atoms with Gasteiger partial charge in [0, 0.05) is 0 Å². The van der Waals surface area contributed by atoms with Crippen molar-refractivity contribution in [3.63, 3.8) is 0 Å². The van der Waals surface area contributed by atoms with Crippen molar-refractivity contribution in [2.75, 3.05) is 0 Å². The summed E-state index contributed by atoms with van der Waals surface area (Å²) in [5.41, 5.74) is 1.82. The van der Waals surface area contributed by atoms with E-state index in [9.17, 15) is 10.2 Å². The topological polar surface area (TPSA) is 40.5 Å². The van der Waals surface area contributed by atoms with Crippen molar-refractivity contribution in [1.82, 2.24) is 0 Å². The van der Waals surface area contributed by atoms with Crippen LogP contribution in [-0.4, -0.2) is 18.1 Å². The van der Waals surface area contributed by atoms with Gasteiger partial charge in [-0.25, -0.2) is 0 Å². The van der Waals surface area contributed by atoms with Crippen molar-refractivity contribution in [2.24, 2.45) is 0 Å². The second kappa shape index (κ2) is 3.69. The third-order valence-electron chi connectivity index (χ3n) is 2.28. The van der Waals surface area contributed by atoms with E-state index in [1.165, 1.54) is 6.07 Å². The van der Waals surface area contributed by atoms with Gasteiger partial charge in [0.15, 0.2) is 11.5 Å². The Morgan fingerprint density at radius 2 is 1.53 bits per heavy atom. The van der Waals surface area contributed by atoms with E-state index in [4.69, 9.17) is 7.85 Å². The third-order valence-corrected chi connectivity index (χ3v) is 2.28. The molecule has 2 rings (SSSR count). The van der Waals surface area contributed by atoms with E-state index in [-0.39, 0.29) is 17.0 Å². The highest BCUT2D eigenvalue weighted by Crippen LogP contribution is 2.27. The Labute approximate surface area is 89.2 Å². The van der Waals surface area contributed by atoms with Gasteiger partial charge in [-0.15, -0.1) is 0 Å². The molecule has 0 aliphatic rings. The van der Waals surface area contributed by atoms with Crippen LogP contribution in [0, 0.1) is 0 Å². The Morgan fingerprint density at radius 3 is 2.20 bits per heavy atom. The molecule has 2 nitrogen and oxygen atoms in total. The Hall–Kier alpha value is -1.90. The fourth-order valence-corrected chi connectivity index (χ4v) is 1.47. The second-order valence-corrected chi connectivity index (χ2v) is 3.26. The summed E-state index contributed by atoms with van der Waals surface area (Å²) < 4.78 is 0. The normalized spacial score (nSPS) is 10.1. The number of phenolic OH excluding ortho intramolecular Hbond substituents is 2. The summed E-state index contributed by atoms with van der Waals surface area (Å²) in [6, 6.07) is 12.6. The Morgan fingerprint density at radius 1 is 0.867 bits per heavy atom. The molecule has 2 aromatic carbocycles. The predicted molar refractivity (Wildman–Crippen MR) is 60.6 cm³/mol. The van der Waals surface area contributed by atoms with Crippen LogP contribution in [0.25, 0.3) is 11.1 Å². The Bertz CT molecular complexity index is 480. The van der Waals surface area contributed by atoms with E-state index in [1.54, 1.807) is 6.07 Å². The third kappa shape index (κ3) is 1.68. The molecule has 0 aromatic heterocycles. The first-order valence-electron chi connectivity index (χ1n) is 4.56. The van der Waals surface area contributed by atoms with Crippen molar-refractivity contribution in [3.05, 3.63) is 42.5 Å². The number of hydrogen-bond donors (Lipinski definition) is 2. The number of phenols is 2. The summed E-state index contributed by atoms with van der Waals surface area (Å²) in [4.78, 5) is 0. The van der Waals surface area contributed by atoms with Gasteiger partial charge in [0.1, 0.15) is 7.85 Å². The van der Waals surface area contributed by atoms with E-state index in [0.717, 1.165) is 5.56 Å². The van der Waals surface area contributed by atoms with Gasteiger partial charge in [0.25, 0.3) is 0 Å². The molecule has 0 aliphatic carbocycles. The molecule has 0 saturated heterocycles. The van der Waals surface area contributed by atoms with E-state index in [1.807, 2.05) is 30.3 Å². The molecule has 2 radical (unpaired) electrons. The minimum atomic E-state index is -0.267. The predicted octanol–water partition coefficient (Wildman–Crippen LogP) is 1.56. The average molecular weight is 196 g/mol. The van der Waals surface area contributed by atoms with Crippen LogP contribution < -0.4 is 5.46 Å². The van der Waals surface area contributed by atoms with Crippen LogP contribution in [0.5, 0.6) is 11.5 Å². The molecular formula is C12H9BO2. The number of hydrogen-bond acceptors (Lipinski definition) is 2. The number of aromatic hydroxyl groups is 2. The molecule has 0 saturated carbocycles. The standard InChI is InChI=1S/C12H9BO2/c13-11-9(6-7-10(14)12(11)15)8-4-2-1-3-5-8/h1-7,14-15H. The lowest BCUT2D eigenvalue weighted by atomic mass is 9.86. The first kappa shape index (κ1) is 9.65. The molecule has 0 heterocycles. The van der Waals surface area contributed by atoms with Gasteiger partial charge < -0.3 is 10.2 Å². The summed E-state index contributed by atoms with van der Waals surface area (Å²) >= 11 is 0.